The zero-order valence-corrected chi connectivity index (χ0v) is 11.9. The first kappa shape index (κ1) is 15.1. The predicted octanol–water partition coefficient (Wildman–Crippen LogP) is 0.378. The van der Waals surface area contributed by atoms with Crippen molar-refractivity contribution in [1.82, 2.24) is 9.03 Å². The highest BCUT2D eigenvalue weighted by Gasteiger charge is 2.12. The van der Waals surface area contributed by atoms with Crippen LogP contribution in [0.25, 0.3) is 0 Å². The molecule has 18 heavy (non-hydrogen) atoms. The topological polar surface area (TPSA) is 69.6 Å². The average molecular weight is 288 g/mol. The predicted molar refractivity (Wildman–Crippen MR) is 72.3 cm³/mol. The summed E-state index contributed by atoms with van der Waals surface area (Å²) in [7, 11) is -0.438. The number of aliphatic hydroxyl groups is 1. The van der Waals surface area contributed by atoms with Gasteiger partial charge in [0.05, 0.1) is 6.61 Å². The number of nitrogens with one attached hydrogen (secondary N) is 1. The molecule has 1 heterocycles. The summed E-state index contributed by atoms with van der Waals surface area (Å²) in [6.45, 7) is 0.305. The summed E-state index contributed by atoms with van der Waals surface area (Å²) in [5.74, 6) is 5.71. The van der Waals surface area contributed by atoms with Gasteiger partial charge in [-0.15, -0.1) is 11.3 Å². The molecule has 0 unspecified atom stereocenters. The van der Waals surface area contributed by atoms with Crippen LogP contribution < -0.4 is 4.72 Å². The standard InChI is InChI=1S/C11H16N2O3S2/c1-13(2)18(15,16)12-8-11-7-10(9-17-11)5-3-4-6-14/h7,9,12,14H,4,6,8H2,1-2H3. The lowest BCUT2D eigenvalue weighted by molar-refractivity contribution is 0.305. The van der Waals surface area contributed by atoms with Gasteiger partial charge in [0.2, 0.25) is 0 Å². The van der Waals surface area contributed by atoms with Gasteiger partial charge in [-0.2, -0.15) is 17.4 Å². The summed E-state index contributed by atoms with van der Waals surface area (Å²) >= 11 is 1.45. The molecule has 0 atom stereocenters. The molecule has 1 aromatic rings. The van der Waals surface area contributed by atoms with Gasteiger partial charge in [-0.25, -0.2) is 0 Å². The van der Waals surface area contributed by atoms with Crippen molar-refractivity contribution in [3.05, 3.63) is 21.9 Å². The van der Waals surface area contributed by atoms with Gasteiger partial charge in [-0.05, 0) is 6.07 Å². The van der Waals surface area contributed by atoms with Crippen molar-refractivity contribution in [2.75, 3.05) is 20.7 Å². The van der Waals surface area contributed by atoms with Crippen LogP contribution in [0, 0.1) is 11.8 Å². The Bertz CT molecular complexity index is 538. The van der Waals surface area contributed by atoms with Crippen LogP contribution in [0.1, 0.15) is 16.9 Å². The fourth-order valence-electron chi connectivity index (χ4n) is 1.05. The largest absolute Gasteiger partial charge is 0.395 e. The van der Waals surface area contributed by atoms with Crippen LogP contribution >= 0.6 is 11.3 Å². The van der Waals surface area contributed by atoms with E-state index in [9.17, 15) is 8.42 Å². The molecule has 0 aliphatic rings. The Kier molecular flexibility index (Phi) is 5.78. The van der Waals surface area contributed by atoms with Crippen molar-refractivity contribution in [2.24, 2.45) is 0 Å². The summed E-state index contributed by atoms with van der Waals surface area (Å²) in [5.41, 5.74) is 0.840. The average Bonchev–Trinajstić information content (AvgIpc) is 2.75. The molecule has 7 heteroatoms. The van der Waals surface area contributed by atoms with Crippen molar-refractivity contribution in [1.29, 1.82) is 0 Å². The summed E-state index contributed by atoms with van der Waals surface area (Å²) in [6.07, 6.45) is 0.443. The Labute approximate surface area is 112 Å². The summed E-state index contributed by atoms with van der Waals surface area (Å²) < 4.78 is 26.6. The molecule has 0 aliphatic carbocycles. The van der Waals surface area contributed by atoms with Gasteiger partial charge in [0.15, 0.2) is 0 Å². The molecule has 0 radical (unpaired) electrons. The van der Waals surface area contributed by atoms with Crippen LogP contribution in [-0.2, 0) is 16.8 Å². The third-order valence-electron chi connectivity index (χ3n) is 2.03. The number of hydrogen-bond donors (Lipinski definition) is 2. The number of nitrogens with zero attached hydrogens (tertiary/aromatic N) is 1. The first-order valence-electron chi connectivity index (χ1n) is 5.30. The number of aliphatic hydroxyl groups excluding tert-OH is 1. The van der Waals surface area contributed by atoms with E-state index in [2.05, 4.69) is 16.6 Å². The SMILES string of the molecule is CN(C)S(=O)(=O)NCc1cc(C#CCCO)cs1. The van der Waals surface area contributed by atoms with E-state index in [0.717, 1.165) is 14.7 Å². The van der Waals surface area contributed by atoms with E-state index in [4.69, 9.17) is 5.11 Å². The smallest absolute Gasteiger partial charge is 0.279 e. The maximum atomic E-state index is 11.5. The van der Waals surface area contributed by atoms with E-state index in [1.165, 1.54) is 25.4 Å². The van der Waals surface area contributed by atoms with Gasteiger partial charge in [0, 0.05) is 42.9 Å². The Balaban J connectivity index is 2.58. The second kappa shape index (κ2) is 6.87. The van der Waals surface area contributed by atoms with E-state index < -0.39 is 10.2 Å². The summed E-state index contributed by atoms with van der Waals surface area (Å²) in [5, 5.41) is 10.5. The number of hydrogen-bond acceptors (Lipinski definition) is 4. The molecule has 0 aromatic carbocycles. The van der Waals surface area contributed by atoms with E-state index in [0.29, 0.717) is 6.42 Å². The molecule has 1 rings (SSSR count). The first-order chi connectivity index (χ1) is 8.45. The zero-order chi connectivity index (χ0) is 13.6. The molecule has 2 N–H and O–H groups in total. The molecule has 0 amide bonds. The van der Waals surface area contributed by atoms with E-state index in [1.807, 2.05) is 11.4 Å². The van der Waals surface area contributed by atoms with E-state index in [1.54, 1.807) is 0 Å². The fourth-order valence-corrected chi connectivity index (χ4v) is 2.49. The summed E-state index contributed by atoms with van der Waals surface area (Å²) in [6, 6.07) is 1.84. The molecule has 0 saturated heterocycles. The van der Waals surface area contributed by atoms with Crippen molar-refractivity contribution in [3.63, 3.8) is 0 Å². The van der Waals surface area contributed by atoms with Gasteiger partial charge in [0.25, 0.3) is 10.2 Å². The monoisotopic (exact) mass is 288 g/mol. The fraction of sp³-hybridized carbons (Fsp3) is 0.455. The van der Waals surface area contributed by atoms with Crippen LogP contribution in [-0.4, -0.2) is 38.5 Å². The molecule has 0 bridgehead atoms. The van der Waals surface area contributed by atoms with Crippen molar-refractivity contribution < 1.29 is 13.5 Å². The molecule has 5 nitrogen and oxygen atoms in total. The zero-order valence-electron chi connectivity index (χ0n) is 10.3. The third kappa shape index (κ3) is 4.76. The van der Waals surface area contributed by atoms with Gasteiger partial charge in [0.1, 0.15) is 0 Å². The minimum atomic E-state index is -3.39. The molecular formula is C11H16N2O3S2. The highest BCUT2D eigenvalue weighted by Crippen LogP contribution is 2.14. The quantitative estimate of drug-likeness (QED) is 0.770. The Morgan fingerprint density at radius 3 is 2.83 bits per heavy atom. The van der Waals surface area contributed by atoms with Gasteiger partial charge < -0.3 is 5.11 Å². The van der Waals surface area contributed by atoms with E-state index in [-0.39, 0.29) is 13.2 Å². The van der Waals surface area contributed by atoms with Crippen LogP contribution in [0.4, 0.5) is 0 Å². The lowest BCUT2D eigenvalue weighted by atomic mass is 10.3. The third-order valence-corrected chi connectivity index (χ3v) is 4.44. The van der Waals surface area contributed by atoms with Crippen molar-refractivity contribution >= 4 is 21.5 Å². The lowest BCUT2D eigenvalue weighted by Gasteiger charge is -2.11. The Morgan fingerprint density at radius 1 is 1.50 bits per heavy atom. The Hall–Kier alpha value is -0.910. The number of thiophene rings is 1. The van der Waals surface area contributed by atoms with Crippen LogP contribution in [0.3, 0.4) is 0 Å². The molecule has 0 saturated carbocycles. The second-order valence-corrected chi connectivity index (χ2v) is 6.65. The summed E-state index contributed by atoms with van der Waals surface area (Å²) in [4.78, 5) is 0.897. The maximum absolute atomic E-state index is 11.5. The molecular weight excluding hydrogens is 272 g/mol. The Morgan fingerprint density at radius 2 is 2.22 bits per heavy atom. The number of rotatable bonds is 5. The molecule has 0 spiro atoms. The normalized spacial score (nSPS) is 11.3. The highest BCUT2D eigenvalue weighted by molar-refractivity contribution is 7.87. The second-order valence-electron chi connectivity index (χ2n) is 3.69. The minimum absolute atomic E-state index is 0.0482. The molecule has 0 fully saturated rings. The lowest BCUT2D eigenvalue weighted by Crippen LogP contribution is -2.34. The van der Waals surface area contributed by atoms with Gasteiger partial charge in [-0.3, -0.25) is 0 Å². The van der Waals surface area contributed by atoms with Crippen molar-refractivity contribution in [3.8, 4) is 11.8 Å². The van der Waals surface area contributed by atoms with Crippen LogP contribution in [0.15, 0.2) is 11.4 Å². The van der Waals surface area contributed by atoms with Crippen LogP contribution in [0.2, 0.25) is 0 Å². The van der Waals surface area contributed by atoms with Gasteiger partial charge >= 0.3 is 0 Å². The maximum Gasteiger partial charge on any atom is 0.279 e. The van der Waals surface area contributed by atoms with E-state index >= 15 is 0 Å². The highest BCUT2D eigenvalue weighted by atomic mass is 32.2. The van der Waals surface area contributed by atoms with Crippen molar-refractivity contribution in [2.45, 2.75) is 13.0 Å². The first-order valence-corrected chi connectivity index (χ1v) is 7.62. The minimum Gasteiger partial charge on any atom is -0.395 e. The molecule has 1 aromatic heterocycles. The van der Waals surface area contributed by atoms with Crippen LogP contribution in [0.5, 0.6) is 0 Å². The van der Waals surface area contributed by atoms with Gasteiger partial charge in [-0.1, -0.05) is 11.8 Å². The molecule has 100 valence electrons. The molecule has 0 aliphatic heterocycles.